The van der Waals surface area contributed by atoms with Crippen molar-refractivity contribution in [3.05, 3.63) is 71.8 Å². The van der Waals surface area contributed by atoms with Crippen LogP contribution < -0.4 is 0 Å². The number of allylic oxidation sites excluding steroid dienone is 1. The number of aliphatic imine (C=N–C) groups is 1. The fourth-order valence-electron chi connectivity index (χ4n) is 1.71. The van der Waals surface area contributed by atoms with E-state index in [0.29, 0.717) is 5.75 Å². The normalized spacial score (nSPS) is 11.4. The maximum absolute atomic E-state index is 9.17. The maximum atomic E-state index is 9.17. The van der Waals surface area contributed by atoms with Crippen molar-refractivity contribution in [2.75, 3.05) is 6.54 Å². The van der Waals surface area contributed by atoms with Gasteiger partial charge in [0.15, 0.2) is 0 Å². The lowest BCUT2D eigenvalue weighted by Gasteiger charge is -1.97. The molecule has 0 saturated carbocycles. The highest BCUT2D eigenvalue weighted by Crippen LogP contribution is 2.09. The first-order valence-corrected chi connectivity index (χ1v) is 6.34. The number of hydrogen-bond acceptors (Lipinski definition) is 2. The summed E-state index contributed by atoms with van der Waals surface area (Å²) in [5.74, 6) is 0.304. The summed E-state index contributed by atoms with van der Waals surface area (Å²) in [5.41, 5.74) is 2.36. The largest absolute Gasteiger partial charge is 0.508 e. The van der Waals surface area contributed by atoms with Gasteiger partial charge in [-0.25, -0.2) is 0 Å². The van der Waals surface area contributed by atoms with Crippen LogP contribution in [0.2, 0.25) is 0 Å². The number of phenols is 1. The molecule has 0 aliphatic heterocycles. The van der Waals surface area contributed by atoms with E-state index in [4.69, 9.17) is 5.11 Å². The molecule has 0 atom stereocenters. The molecule has 0 radical (unpaired) electrons. The van der Waals surface area contributed by atoms with Gasteiger partial charge in [-0.1, -0.05) is 48.5 Å². The molecule has 0 amide bonds. The van der Waals surface area contributed by atoms with E-state index in [1.54, 1.807) is 12.1 Å². The quantitative estimate of drug-likeness (QED) is 0.807. The van der Waals surface area contributed by atoms with Crippen molar-refractivity contribution in [3.63, 3.8) is 0 Å². The zero-order valence-electron chi connectivity index (χ0n) is 10.7. The minimum Gasteiger partial charge on any atom is -0.508 e. The molecule has 1 N–H and O–H groups in total. The summed E-state index contributed by atoms with van der Waals surface area (Å²) in [6, 6.07) is 17.4. The predicted molar refractivity (Wildman–Crippen MR) is 80.6 cm³/mol. The van der Waals surface area contributed by atoms with Crippen molar-refractivity contribution in [1.82, 2.24) is 0 Å². The number of rotatable bonds is 5. The number of hydrogen-bond donors (Lipinski definition) is 1. The molecule has 0 fully saturated rings. The lowest BCUT2D eigenvalue weighted by Crippen LogP contribution is -1.88. The second-order valence-electron chi connectivity index (χ2n) is 4.24. The van der Waals surface area contributed by atoms with Crippen LogP contribution >= 0.6 is 0 Å². The summed E-state index contributed by atoms with van der Waals surface area (Å²) < 4.78 is 0. The van der Waals surface area contributed by atoms with E-state index in [1.807, 2.05) is 48.7 Å². The summed E-state index contributed by atoms with van der Waals surface area (Å²) in [7, 11) is 0. The van der Waals surface area contributed by atoms with Crippen molar-refractivity contribution in [2.45, 2.75) is 6.42 Å². The molecular formula is C17H17NO. The molecule has 0 unspecified atom stereocenters. The van der Waals surface area contributed by atoms with Crippen LogP contribution in [0.3, 0.4) is 0 Å². The van der Waals surface area contributed by atoms with Gasteiger partial charge in [0.25, 0.3) is 0 Å². The van der Waals surface area contributed by atoms with Gasteiger partial charge in [-0.15, -0.1) is 0 Å². The molecule has 0 bridgehead atoms. The van der Waals surface area contributed by atoms with Crippen molar-refractivity contribution in [3.8, 4) is 5.75 Å². The number of phenolic OH excluding ortho intramolecular Hbond substituents is 1. The molecule has 96 valence electrons. The van der Waals surface area contributed by atoms with E-state index in [2.05, 4.69) is 17.1 Å². The number of aromatic hydroxyl groups is 1. The van der Waals surface area contributed by atoms with Crippen LogP contribution in [0.4, 0.5) is 0 Å². The Balaban J connectivity index is 1.75. The molecule has 0 aromatic heterocycles. The van der Waals surface area contributed by atoms with E-state index in [0.717, 1.165) is 13.0 Å². The Morgan fingerprint density at radius 3 is 2.42 bits per heavy atom. The molecule has 2 aromatic carbocycles. The smallest absolute Gasteiger partial charge is 0.115 e. The summed E-state index contributed by atoms with van der Waals surface area (Å²) in [4.78, 5) is 4.33. The van der Waals surface area contributed by atoms with E-state index in [-0.39, 0.29) is 0 Å². The SMILES string of the molecule is Oc1ccc(CCN=C/C=C/c2ccccc2)cc1. The monoisotopic (exact) mass is 251 g/mol. The second kappa shape index (κ2) is 7.17. The van der Waals surface area contributed by atoms with Crippen molar-refractivity contribution >= 4 is 12.3 Å². The fraction of sp³-hybridized carbons (Fsp3) is 0.118. The summed E-state index contributed by atoms with van der Waals surface area (Å²) in [6.45, 7) is 0.754. The number of nitrogens with zero attached hydrogens (tertiary/aromatic N) is 1. The van der Waals surface area contributed by atoms with Crippen LogP contribution in [0.1, 0.15) is 11.1 Å². The third-order valence-corrected chi connectivity index (χ3v) is 2.75. The van der Waals surface area contributed by atoms with Crippen molar-refractivity contribution in [1.29, 1.82) is 0 Å². The summed E-state index contributed by atoms with van der Waals surface area (Å²) >= 11 is 0. The fourth-order valence-corrected chi connectivity index (χ4v) is 1.71. The van der Waals surface area contributed by atoms with E-state index in [9.17, 15) is 0 Å². The summed E-state index contributed by atoms with van der Waals surface area (Å²) in [5, 5.41) is 9.17. The third kappa shape index (κ3) is 4.80. The zero-order valence-corrected chi connectivity index (χ0v) is 10.7. The Morgan fingerprint density at radius 1 is 0.947 bits per heavy atom. The average Bonchev–Trinajstić information content (AvgIpc) is 2.46. The van der Waals surface area contributed by atoms with E-state index < -0.39 is 0 Å². The molecule has 2 aromatic rings. The lowest BCUT2D eigenvalue weighted by molar-refractivity contribution is 0.475. The molecule has 2 nitrogen and oxygen atoms in total. The van der Waals surface area contributed by atoms with Gasteiger partial charge < -0.3 is 5.11 Å². The van der Waals surface area contributed by atoms with Crippen LogP contribution in [0.25, 0.3) is 6.08 Å². The van der Waals surface area contributed by atoms with Gasteiger partial charge in [-0.3, -0.25) is 4.99 Å². The molecule has 0 aliphatic rings. The van der Waals surface area contributed by atoms with Crippen LogP contribution in [0.15, 0.2) is 65.7 Å². The Hall–Kier alpha value is -2.35. The highest BCUT2D eigenvalue weighted by molar-refractivity contribution is 5.78. The molecule has 2 heteroatoms. The van der Waals surface area contributed by atoms with Crippen LogP contribution in [-0.2, 0) is 6.42 Å². The first-order valence-electron chi connectivity index (χ1n) is 6.34. The average molecular weight is 251 g/mol. The van der Waals surface area contributed by atoms with Crippen LogP contribution in [0, 0.1) is 0 Å². The van der Waals surface area contributed by atoms with Crippen LogP contribution in [0.5, 0.6) is 5.75 Å². The van der Waals surface area contributed by atoms with Crippen molar-refractivity contribution < 1.29 is 5.11 Å². The first kappa shape index (κ1) is 13.1. The number of benzene rings is 2. The van der Waals surface area contributed by atoms with Crippen molar-refractivity contribution in [2.24, 2.45) is 4.99 Å². The second-order valence-corrected chi connectivity index (χ2v) is 4.24. The maximum Gasteiger partial charge on any atom is 0.115 e. The van der Waals surface area contributed by atoms with Crippen LogP contribution in [-0.4, -0.2) is 17.9 Å². The van der Waals surface area contributed by atoms with E-state index >= 15 is 0 Å². The van der Waals surface area contributed by atoms with Gasteiger partial charge in [0.05, 0.1) is 0 Å². The standard InChI is InChI=1S/C17H17NO/c19-17-10-8-16(9-11-17)12-14-18-13-4-7-15-5-2-1-3-6-15/h1-11,13,19H,12,14H2/b7-4+,18-13?. The predicted octanol–water partition coefficient (Wildman–Crippen LogP) is 3.72. The molecule has 0 saturated heterocycles. The highest BCUT2D eigenvalue weighted by atomic mass is 16.3. The molecule has 2 rings (SSSR count). The van der Waals surface area contributed by atoms with Gasteiger partial charge in [-0.2, -0.15) is 0 Å². The third-order valence-electron chi connectivity index (χ3n) is 2.75. The molecule has 0 spiro atoms. The molecule has 0 heterocycles. The summed E-state index contributed by atoms with van der Waals surface area (Å²) in [6.07, 6.45) is 6.69. The Bertz CT molecular complexity index is 541. The zero-order chi connectivity index (χ0) is 13.3. The lowest BCUT2D eigenvalue weighted by atomic mass is 10.1. The van der Waals surface area contributed by atoms with Gasteiger partial charge >= 0.3 is 0 Å². The minimum atomic E-state index is 0.304. The first-order chi connectivity index (χ1) is 9.34. The molecule has 0 aliphatic carbocycles. The Morgan fingerprint density at radius 2 is 1.68 bits per heavy atom. The van der Waals surface area contributed by atoms with Gasteiger partial charge in [0.2, 0.25) is 0 Å². The topological polar surface area (TPSA) is 32.6 Å². The molecular weight excluding hydrogens is 234 g/mol. The Kier molecular flexibility index (Phi) is 4.94. The van der Waals surface area contributed by atoms with Gasteiger partial charge in [-0.05, 0) is 35.8 Å². The molecule has 19 heavy (non-hydrogen) atoms. The van der Waals surface area contributed by atoms with E-state index in [1.165, 1.54) is 11.1 Å². The van der Waals surface area contributed by atoms with Gasteiger partial charge in [0, 0.05) is 12.8 Å². The van der Waals surface area contributed by atoms with Gasteiger partial charge in [0.1, 0.15) is 5.75 Å². The Labute approximate surface area is 113 Å². The highest BCUT2D eigenvalue weighted by Gasteiger charge is 1.91. The minimum absolute atomic E-state index is 0.304.